The Morgan fingerprint density at radius 2 is 1.94 bits per heavy atom. The molecule has 188 valence electrons. The van der Waals surface area contributed by atoms with Crippen LogP contribution in [0.1, 0.15) is 27.2 Å². The number of aliphatic imine (C=N–C) groups is 1. The van der Waals surface area contributed by atoms with E-state index in [9.17, 15) is 4.39 Å². The van der Waals surface area contributed by atoms with E-state index in [-0.39, 0.29) is 11.2 Å². The first-order valence-corrected chi connectivity index (χ1v) is 12.2. The summed E-state index contributed by atoms with van der Waals surface area (Å²) in [6.07, 6.45) is 8.72. The number of benzene rings is 2. The summed E-state index contributed by atoms with van der Waals surface area (Å²) in [6.45, 7) is 8.69. The first-order chi connectivity index (χ1) is 17.4. The van der Waals surface area contributed by atoms with Crippen molar-refractivity contribution in [2.75, 3.05) is 38.7 Å². The minimum Gasteiger partial charge on any atom is -0.491 e. The van der Waals surface area contributed by atoms with Gasteiger partial charge in [-0.2, -0.15) is 0 Å². The van der Waals surface area contributed by atoms with Gasteiger partial charge in [0.1, 0.15) is 29.2 Å². The van der Waals surface area contributed by atoms with Crippen LogP contribution in [-0.2, 0) is 4.74 Å². The van der Waals surface area contributed by atoms with Gasteiger partial charge in [-0.1, -0.05) is 38.1 Å². The lowest BCUT2D eigenvalue weighted by Gasteiger charge is -2.37. The van der Waals surface area contributed by atoms with Crippen molar-refractivity contribution in [3.63, 3.8) is 0 Å². The van der Waals surface area contributed by atoms with Crippen molar-refractivity contribution < 1.29 is 13.9 Å². The van der Waals surface area contributed by atoms with Crippen LogP contribution in [-0.4, -0.2) is 49.1 Å². The Bertz CT molecular complexity index is 1290. The van der Waals surface area contributed by atoms with Gasteiger partial charge in [0.15, 0.2) is 0 Å². The SMILES string of the molecule is CC/C=C(/C=C\C(C)=NC)CNc1ncnc2c(OCC3(C)COC3)cc(-c3ccc(F)cc3)cc12. The number of halogens is 1. The van der Waals surface area contributed by atoms with Crippen LogP contribution in [0, 0.1) is 11.2 Å². The van der Waals surface area contributed by atoms with E-state index in [1.165, 1.54) is 12.1 Å². The summed E-state index contributed by atoms with van der Waals surface area (Å²) in [5, 5.41) is 4.32. The molecule has 1 fully saturated rings. The quantitative estimate of drug-likeness (QED) is 0.270. The van der Waals surface area contributed by atoms with Crippen molar-refractivity contribution in [2.45, 2.75) is 27.2 Å². The number of rotatable bonds is 10. The molecule has 0 aliphatic carbocycles. The molecule has 1 aliphatic rings. The molecule has 7 heteroatoms. The molecule has 1 N–H and O–H groups in total. The highest BCUT2D eigenvalue weighted by Gasteiger charge is 2.34. The summed E-state index contributed by atoms with van der Waals surface area (Å²) >= 11 is 0. The highest BCUT2D eigenvalue weighted by atomic mass is 19.1. The number of hydrogen-bond acceptors (Lipinski definition) is 6. The molecule has 0 amide bonds. The molecule has 2 aromatic carbocycles. The fourth-order valence-corrected chi connectivity index (χ4v) is 3.93. The molecule has 1 aromatic heterocycles. The molecule has 3 aromatic rings. The summed E-state index contributed by atoms with van der Waals surface area (Å²) < 4.78 is 25.3. The van der Waals surface area contributed by atoms with E-state index in [4.69, 9.17) is 9.47 Å². The summed E-state index contributed by atoms with van der Waals surface area (Å²) in [5.41, 5.74) is 4.60. The van der Waals surface area contributed by atoms with Crippen LogP contribution < -0.4 is 10.1 Å². The third-order valence-electron chi connectivity index (χ3n) is 6.18. The maximum Gasteiger partial charge on any atom is 0.146 e. The molecule has 0 saturated carbocycles. The maximum absolute atomic E-state index is 13.6. The number of aromatic nitrogens is 2. The fourth-order valence-electron chi connectivity index (χ4n) is 3.93. The highest BCUT2D eigenvalue weighted by Crippen LogP contribution is 2.36. The van der Waals surface area contributed by atoms with Gasteiger partial charge in [0.2, 0.25) is 0 Å². The number of anilines is 1. The fraction of sp³-hybridized carbons (Fsp3) is 0.345. The third kappa shape index (κ3) is 6.15. The van der Waals surface area contributed by atoms with Crippen LogP contribution >= 0.6 is 0 Å². The van der Waals surface area contributed by atoms with Crippen LogP contribution in [0.3, 0.4) is 0 Å². The van der Waals surface area contributed by atoms with E-state index in [0.29, 0.717) is 37.9 Å². The second-order valence-corrected chi connectivity index (χ2v) is 9.43. The molecule has 4 rings (SSSR count). The first-order valence-electron chi connectivity index (χ1n) is 12.2. The standard InChI is InChI=1S/C29H33FN4O2/c1-5-6-21(8-7-20(2)31-4)15-32-28-25-13-23(22-9-11-24(30)12-10-22)14-26(27(25)33-19-34-28)36-18-29(3)16-35-17-29/h6-14,19H,5,15-18H2,1-4H3,(H,32,33,34)/b8-7-,21-6-,31-20?. The van der Waals surface area contributed by atoms with Gasteiger partial charge in [-0.3, -0.25) is 4.99 Å². The van der Waals surface area contributed by atoms with E-state index in [1.54, 1.807) is 25.5 Å². The molecule has 1 aliphatic heterocycles. The van der Waals surface area contributed by atoms with Crippen molar-refractivity contribution in [1.29, 1.82) is 0 Å². The summed E-state index contributed by atoms with van der Waals surface area (Å²) in [7, 11) is 1.78. The lowest BCUT2D eigenvalue weighted by molar-refractivity contribution is -0.120. The van der Waals surface area contributed by atoms with E-state index in [0.717, 1.165) is 39.7 Å². The normalized spacial score (nSPS) is 15.8. The van der Waals surface area contributed by atoms with E-state index >= 15 is 0 Å². The average molecular weight is 489 g/mol. The van der Waals surface area contributed by atoms with Gasteiger partial charge in [-0.15, -0.1) is 0 Å². The predicted molar refractivity (Wildman–Crippen MR) is 144 cm³/mol. The largest absolute Gasteiger partial charge is 0.491 e. The molecule has 1 saturated heterocycles. The summed E-state index contributed by atoms with van der Waals surface area (Å²) in [4.78, 5) is 13.3. The Balaban J connectivity index is 1.70. The second-order valence-electron chi connectivity index (χ2n) is 9.43. The molecule has 2 heterocycles. The van der Waals surface area contributed by atoms with Crippen LogP contribution in [0.2, 0.25) is 0 Å². The molecule has 0 atom stereocenters. The van der Waals surface area contributed by atoms with E-state index in [1.807, 2.05) is 25.1 Å². The molecular formula is C29H33FN4O2. The van der Waals surface area contributed by atoms with Crippen molar-refractivity contribution in [1.82, 2.24) is 9.97 Å². The van der Waals surface area contributed by atoms with Crippen molar-refractivity contribution in [3.05, 3.63) is 72.3 Å². The van der Waals surface area contributed by atoms with E-state index in [2.05, 4.69) is 46.3 Å². The van der Waals surface area contributed by atoms with E-state index < -0.39 is 0 Å². The lowest BCUT2D eigenvalue weighted by atomic mass is 9.90. The zero-order valence-corrected chi connectivity index (χ0v) is 21.3. The van der Waals surface area contributed by atoms with Crippen LogP contribution in [0.5, 0.6) is 5.75 Å². The Morgan fingerprint density at radius 3 is 2.61 bits per heavy atom. The van der Waals surface area contributed by atoms with Crippen molar-refractivity contribution >= 4 is 22.4 Å². The molecule has 36 heavy (non-hydrogen) atoms. The average Bonchev–Trinajstić information content (AvgIpc) is 2.87. The lowest BCUT2D eigenvalue weighted by Crippen LogP contribution is -2.44. The second kappa shape index (κ2) is 11.4. The Kier molecular flexibility index (Phi) is 8.10. The van der Waals surface area contributed by atoms with Crippen LogP contribution in [0.4, 0.5) is 10.2 Å². The van der Waals surface area contributed by atoms with Gasteiger partial charge in [0.25, 0.3) is 0 Å². The number of nitrogens with zero attached hydrogens (tertiary/aromatic N) is 3. The predicted octanol–water partition coefficient (Wildman–Crippen LogP) is 6.25. The zero-order valence-electron chi connectivity index (χ0n) is 21.3. The Labute approximate surface area is 212 Å². The number of nitrogens with one attached hydrogen (secondary N) is 1. The molecule has 6 nitrogen and oxygen atoms in total. The zero-order chi connectivity index (χ0) is 25.5. The van der Waals surface area contributed by atoms with Crippen LogP contribution in [0.15, 0.2) is 71.5 Å². The number of ether oxygens (including phenoxy) is 2. The van der Waals surface area contributed by atoms with Gasteiger partial charge in [0.05, 0.1) is 19.8 Å². The molecular weight excluding hydrogens is 455 g/mol. The minimum absolute atomic E-state index is 0.0155. The number of allylic oxidation sites excluding steroid dienone is 2. The Hall–Kier alpha value is -3.58. The minimum atomic E-state index is -0.272. The summed E-state index contributed by atoms with van der Waals surface area (Å²) in [5.74, 6) is 1.11. The molecule has 0 bridgehead atoms. The van der Waals surface area contributed by atoms with Gasteiger partial charge >= 0.3 is 0 Å². The first kappa shape index (κ1) is 25.5. The molecule has 0 radical (unpaired) electrons. The summed E-state index contributed by atoms with van der Waals surface area (Å²) in [6, 6.07) is 10.4. The monoisotopic (exact) mass is 488 g/mol. The van der Waals surface area contributed by atoms with Gasteiger partial charge in [-0.25, -0.2) is 14.4 Å². The number of fused-ring (bicyclic) bond motifs is 1. The van der Waals surface area contributed by atoms with Crippen molar-refractivity contribution in [3.8, 4) is 16.9 Å². The topological polar surface area (TPSA) is 68.6 Å². The van der Waals surface area contributed by atoms with Gasteiger partial charge in [0, 0.05) is 30.1 Å². The van der Waals surface area contributed by atoms with Gasteiger partial charge < -0.3 is 14.8 Å². The smallest absolute Gasteiger partial charge is 0.146 e. The molecule has 0 spiro atoms. The molecule has 0 unspecified atom stereocenters. The number of hydrogen-bond donors (Lipinski definition) is 1. The highest BCUT2D eigenvalue weighted by molar-refractivity contribution is 5.96. The van der Waals surface area contributed by atoms with Gasteiger partial charge in [-0.05, 0) is 60.4 Å². The third-order valence-corrected chi connectivity index (χ3v) is 6.18. The van der Waals surface area contributed by atoms with Crippen LogP contribution in [0.25, 0.3) is 22.0 Å². The maximum atomic E-state index is 13.6. The Morgan fingerprint density at radius 1 is 1.17 bits per heavy atom. The van der Waals surface area contributed by atoms with Crippen molar-refractivity contribution in [2.24, 2.45) is 10.4 Å².